The van der Waals surface area contributed by atoms with E-state index in [-0.39, 0.29) is 16.3 Å². The van der Waals surface area contributed by atoms with Crippen LogP contribution >= 0.6 is 11.6 Å². The van der Waals surface area contributed by atoms with Crippen LogP contribution in [0.2, 0.25) is 5.15 Å². The largest absolute Gasteiger partial charge is 0.478 e. The third kappa shape index (κ3) is 2.91. The molecule has 0 fully saturated rings. The maximum atomic E-state index is 12.8. The van der Waals surface area contributed by atoms with E-state index in [0.717, 1.165) is 12.1 Å². The van der Waals surface area contributed by atoms with Gasteiger partial charge in [-0.1, -0.05) is 11.6 Å². The number of carboxylic acid groups (broad SMARTS) is 1. The van der Waals surface area contributed by atoms with Crippen LogP contribution in [0.15, 0.2) is 36.5 Å². The van der Waals surface area contributed by atoms with E-state index in [1.807, 2.05) is 0 Å². The molecule has 2 aromatic rings. The Morgan fingerprint density at radius 3 is 2.50 bits per heavy atom. The highest BCUT2D eigenvalue weighted by atomic mass is 35.5. The summed E-state index contributed by atoms with van der Waals surface area (Å²) in [5, 5.41) is 8.90. The fraction of sp³-hybridized carbons (Fsp3) is 0.0769. The van der Waals surface area contributed by atoms with Crippen molar-refractivity contribution in [2.24, 2.45) is 0 Å². The number of nitrogens with zero attached hydrogens (tertiary/aromatic N) is 1. The lowest BCUT2D eigenvalue weighted by atomic mass is 10.0. The molecule has 1 heterocycles. The Balaban J connectivity index is 2.68. The second-order valence-corrected chi connectivity index (χ2v) is 4.30. The number of benzene rings is 1. The van der Waals surface area contributed by atoms with Gasteiger partial charge in [0.05, 0.1) is 11.1 Å². The van der Waals surface area contributed by atoms with Crippen LogP contribution in [0.25, 0.3) is 11.1 Å². The summed E-state index contributed by atoms with van der Waals surface area (Å²) in [5.41, 5.74) is -1.22. The van der Waals surface area contributed by atoms with Crippen LogP contribution in [0.5, 0.6) is 0 Å². The normalized spacial score (nSPS) is 11.4. The van der Waals surface area contributed by atoms with E-state index in [4.69, 9.17) is 16.7 Å². The summed E-state index contributed by atoms with van der Waals surface area (Å²) in [6, 6.07) is 5.52. The van der Waals surface area contributed by atoms with E-state index in [9.17, 15) is 18.0 Å². The molecular weight excluding hydrogens is 295 g/mol. The molecule has 3 nitrogen and oxygen atoms in total. The fourth-order valence-electron chi connectivity index (χ4n) is 1.67. The van der Waals surface area contributed by atoms with Crippen LogP contribution in [0, 0.1) is 0 Å². The first-order valence-corrected chi connectivity index (χ1v) is 5.73. The minimum Gasteiger partial charge on any atom is -0.478 e. The smallest absolute Gasteiger partial charge is 0.416 e. The van der Waals surface area contributed by atoms with E-state index in [1.54, 1.807) is 0 Å². The maximum Gasteiger partial charge on any atom is 0.416 e. The van der Waals surface area contributed by atoms with Crippen molar-refractivity contribution >= 4 is 17.6 Å². The molecule has 1 N–H and O–H groups in total. The number of hydrogen-bond donors (Lipinski definition) is 1. The number of rotatable bonds is 2. The van der Waals surface area contributed by atoms with Gasteiger partial charge in [-0.15, -0.1) is 0 Å². The molecule has 2 rings (SSSR count). The Labute approximate surface area is 116 Å². The third-order valence-electron chi connectivity index (χ3n) is 2.58. The minimum atomic E-state index is -4.64. The highest BCUT2D eigenvalue weighted by Gasteiger charge is 2.32. The number of carbonyl (C=O) groups is 1. The number of pyridine rings is 1. The summed E-state index contributed by atoms with van der Waals surface area (Å²) >= 11 is 5.82. The Hall–Kier alpha value is -2.08. The highest BCUT2D eigenvalue weighted by molar-refractivity contribution is 6.32. The summed E-state index contributed by atoms with van der Waals surface area (Å²) < 4.78 is 38.4. The van der Waals surface area contributed by atoms with Crippen molar-refractivity contribution in [2.75, 3.05) is 0 Å². The Bertz CT molecular complexity index is 671. The summed E-state index contributed by atoms with van der Waals surface area (Å²) in [6.07, 6.45) is -3.26. The molecule has 0 radical (unpaired) electrons. The minimum absolute atomic E-state index is 0.00293. The lowest BCUT2D eigenvalue weighted by Gasteiger charge is -2.11. The Morgan fingerprint density at radius 1 is 1.25 bits per heavy atom. The lowest BCUT2D eigenvalue weighted by Crippen LogP contribution is -2.08. The number of carboxylic acids is 1. The van der Waals surface area contributed by atoms with E-state index in [0.29, 0.717) is 6.07 Å². The molecule has 0 saturated heterocycles. The van der Waals surface area contributed by atoms with E-state index >= 15 is 0 Å². The average molecular weight is 302 g/mol. The SMILES string of the molecule is O=C(O)c1cc(-c2cccnc2Cl)cc(C(F)(F)F)c1. The molecule has 0 spiro atoms. The monoisotopic (exact) mass is 301 g/mol. The predicted octanol–water partition coefficient (Wildman–Crippen LogP) is 4.12. The molecule has 0 unspecified atom stereocenters. The Morgan fingerprint density at radius 2 is 1.95 bits per heavy atom. The van der Waals surface area contributed by atoms with Gasteiger partial charge in [0.25, 0.3) is 0 Å². The van der Waals surface area contributed by atoms with Crippen LogP contribution in [0.4, 0.5) is 13.2 Å². The molecule has 0 bridgehead atoms. The van der Waals surface area contributed by atoms with Crippen LogP contribution in [-0.2, 0) is 6.18 Å². The predicted molar refractivity (Wildman–Crippen MR) is 66.6 cm³/mol. The zero-order valence-corrected chi connectivity index (χ0v) is 10.5. The zero-order valence-electron chi connectivity index (χ0n) is 9.78. The molecule has 0 aliphatic rings. The number of aromatic carboxylic acids is 1. The van der Waals surface area contributed by atoms with Gasteiger partial charge in [-0.25, -0.2) is 9.78 Å². The van der Waals surface area contributed by atoms with Crippen molar-refractivity contribution in [1.82, 2.24) is 4.98 Å². The van der Waals surface area contributed by atoms with Gasteiger partial charge in [0, 0.05) is 11.8 Å². The van der Waals surface area contributed by atoms with Crippen molar-refractivity contribution in [1.29, 1.82) is 0 Å². The average Bonchev–Trinajstić information content (AvgIpc) is 2.37. The molecular formula is C13H7ClF3NO2. The van der Waals surface area contributed by atoms with Gasteiger partial charge in [-0.2, -0.15) is 13.2 Å². The van der Waals surface area contributed by atoms with Crippen LogP contribution in [0.1, 0.15) is 15.9 Å². The highest BCUT2D eigenvalue weighted by Crippen LogP contribution is 2.35. The van der Waals surface area contributed by atoms with Crippen molar-refractivity contribution < 1.29 is 23.1 Å². The van der Waals surface area contributed by atoms with Gasteiger partial charge in [0.2, 0.25) is 0 Å². The molecule has 104 valence electrons. The first kappa shape index (κ1) is 14.3. The fourth-order valence-corrected chi connectivity index (χ4v) is 1.90. The second-order valence-electron chi connectivity index (χ2n) is 3.94. The summed E-state index contributed by atoms with van der Waals surface area (Å²) in [5.74, 6) is -1.45. The van der Waals surface area contributed by atoms with Gasteiger partial charge in [0.15, 0.2) is 0 Å². The van der Waals surface area contributed by atoms with Crippen molar-refractivity contribution in [3.05, 3.63) is 52.8 Å². The van der Waals surface area contributed by atoms with E-state index in [1.165, 1.54) is 18.3 Å². The first-order valence-electron chi connectivity index (χ1n) is 5.35. The third-order valence-corrected chi connectivity index (χ3v) is 2.88. The van der Waals surface area contributed by atoms with Crippen molar-refractivity contribution in [3.8, 4) is 11.1 Å². The zero-order chi connectivity index (χ0) is 14.9. The summed E-state index contributed by atoms with van der Waals surface area (Å²) in [4.78, 5) is 14.7. The van der Waals surface area contributed by atoms with Gasteiger partial charge in [-0.05, 0) is 35.9 Å². The van der Waals surface area contributed by atoms with Crippen molar-refractivity contribution in [3.63, 3.8) is 0 Å². The van der Waals surface area contributed by atoms with E-state index in [2.05, 4.69) is 4.98 Å². The number of halogens is 4. The summed E-state index contributed by atoms with van der Waals surface area (Å²) in [6.45, 7) is 0. The van der Waals surface area contributed by atoms with Gasteiger partial charge < -0.3 is 5.11 Å². The molecule has 7 heteroatoms. The molecule has 0 aliphatic heterocycles. The van der Waals surface area contributed by atoms with Crippen LogP contribution in [0.3, 0.4) is 0 Å². The van der Waals surface area contributed by atoms with Gasteiger partial charge >= 0.3 is 12.1 Å². The maximum absolute atomic E-state index is 12.8. The van der Waals surface area contributed by atoms with Crippen LogP contribution < -0.4 is 0 Å². The molecule has 1 aromatic carbocycles. The first-order chi connectivity index (χ1) is 9.29. The second kappa shape index (κ2) is 5.13. The molecule has 0 saturated carbocycles. The molecule has 0 atom stereocenters. The Kier molecular flexibility index (Phi) is 3.67. The topological polar surface area (TPSA) is 50.2 Å². The van der Waals surface area contributed by atoms with Gasteiger partial charge in [-0.3, -0.25) is 0 Å². The number of hydrogen-bond acceptors (Lipinski definition) is 2. The lowest BCUT2D eigenvalue weighted by molar-refractivity contribution is -0.137. The molecule has 0 aliphatic carbocycles. The van der Waals surface area contributed by atoms with Crippen LogP contribution in [-0.4, -0.2) is 16.1 Å². The molecule has 20 heavy (non-hydrogen) atoms. The molecule has 0 amide bonds. The number of aromatic nitrogens is 1. The number of alkyl halides is 3. The van der Waals surface area contributed by atoms with Gasteiger partial charge in [0.1, 0.15) is 5.15 Å². The quantitative estimate of drug-likeness (QED) is 0.849. The summed E-state index contributed by atoms with van der Waals surface area (Å²) in [7, 11) is 0. The van der Waals surface area contributed by atoms with Crippen molar-refractivity contribution in [2.45, 2.75) is 6.18 Å². The van der Waals surface area contributed by atoms with E-state index < -0.39 is 23.3 Å². The standard InChI is InChI=1S/C13H7ClF3NO2/c14-11-10(2-1-3-18-11)7-4-8(12(19)20)6-9(5-7)13(15,16)17/h1-6H,(H,19,20). The molecule has 1 aromatic heterocycles.